The summed E-state index contributed by atoms with van der Waals surface area (Å²) in [6.45, 7) is 1.43. The Morgan fingerprint density at radius 3 is 2.62 bits per heavy atom. The smallest absolute Gasteiger partial charge is 0.340 e. The van der Waals surface area contributed by atoms with Crippen molar-refractivity contribution in [3.8, 4) is 5.75 Å². The van der Waals surface area contributed by atoms with Gasteiger partial charge in [0.15, 0.2) is 6.10 Å². The number of carbonyl (C=O) groups excluding carboxylic acids is 2. The summed E-state index contributed by atoms with van der Waals surface area (Å²) in [4.78, 5) is 24.3. The molecule has 2 rings (SSSR count). The lowest BCUT2D eigenvalue weighted by molar-refractivity contribution is -0.123. The number of benzene rings is 2. The Hall–Kier alpha value is -2.41. The Morgan fingerprint density at radius 2 is 1.92 bits per heavy atom. The molecule has 0 saturated carbocycles. The Morgan fingerprint density at radius 1 is 1.21 bits per heavy atom. The van der Waals surface area contributed by atoms with Crippen LogP contribution in [0.5, 0.6) is 5.75 Å². The van der Waals surface area contributed by atoms with Crippen molar-refractivity contribution in [2.75, 3.05) is 12.4 Å². The second kappa shape index (κ2) is 7.92. The van der Waals surface area contributed by atoms with Gasteiger partial charge in [-0.25, -0.2) is 9.18 Å². The normalized spacial score (nSPS) is 11.5. The lowest BCUT2D eigenvalue weighted by atomic mass is 10.2. The maximum absolute atomic E-state index is 13.3. The molecule has 0 radical (unpaired) electrons. The molecule has 0 unspecified atom stereocenters. The van der Waals surface area contributed by atoms with Crippen molar-refractivity contribution in [2.24, 2.45) is 0 Å². The molecule has 2 aromatic carbocycles. The van der Waals surface area contributed by atoms with Crippen LogP contribution in [0.4, 0.5) is 10.1 Å². The molecule has 1 N–H and O–H groups in total. The zero-order valence-corrected chi connectivity index (χ0v) is 14.6. The van der Waals surface area contributed by atoms with Crippen LogP contribution in [0.3, 0.4) is 0 Å². The molecule has 0 fully saturated rings. The minimum Gasteiger partial charge on any atom is -0.495 e. The highest BCUT2D eigenvalue weighted by atomic mass is 79.9. The minimum absolute atomic E-state index is 0.00643. The van der Waals surface area contributed by atoms with Crippen LogP contribution in [0.1, 0.15) is 17.3 Å². The van der Waals surface area contributed by atoms with Gasteiger partial charge in [-0.1, -0.05) is 12.1 Å². The molecule has 2 aromatic rings. The molecule has 0 heterocycles. The first kappa shape index (κ1) is 17.9. The van der Waals surface area contributed by atoms with E-state index in [0.717, 1.165) is 6.07 Å². The van der Waals surface area contributed by atoms with E-state index >= 15 is 0 Å². The van der Waals surface area contributed by atoms with Gasteiger partial charge in [-0.15, -0.1) is 0 Å². The number of hydrogen-bond donors (Lipinski definition) is 1. The standard InChI is InChI=1S/C17H15BrFNO4/c1-10(16(21)20-14-5-3-4-6-15(14)23-2)24-17(22)12-9-11(19)7-8-13(12)18/h3-10H,1-2H3,(H,20,21)/t10-/m1/s1. The molecule has 126 valence electrons. The van der Waals surface area contributed by atoms with E-state index in [1.54, 1.807) is 24.3 Å². The average Bonchev–Trinajstić information content (AvgIpc) is 2.57. The summed E-state index contributed by atoms with van der Waals surface area (Å²) >= 11 is 3.15. The zero-order chi connectivity index (χ0) is 17.7. The van der Waals surface area contributed by atoms with Crippen molar-refractivity contribution >= 4 is 33.5 Å². The predicted octanol–water partition coefficient (Wildman–Crippen LogP) is 3.78. The quantitative estimate of drug-likeness (QED) is 0.782. The van der Waals surface area contributed by atoms with Crippen LogP contribution >= 0.6 is 15.9 Å². The van der Waals surface area contributed by atoms with E-state index in [-0.39, 0.29) is 5.56 Å². The van der Waals surface area contributed by atoms with Gasteiger partial charge in [0.25, 0.3) is 5.91 Å². The van der Waals surface area contributed by atoms with Crippen LogP contribution in [0.25, 0.3) is 0 Å². The first-order chi connectivity index (χ1) is 11.4. The largest absolute Gasteiger partial charge is 0.495 e. The summed E-state index contributed by atoms with van der Waals surface area (Å²) in [5.74, 6) is -1.42. The molecule has 0 bridgehead atoms. The summed E-state index contributed by atoms with van der Waals surface area (Å²) in [5.41, 5.74) is 0.465. The number of ether oxygens (including phenoxy) is 2. The van der Waals surface area contributed by atoms with E-state index in [0.29, 0.717) is 15.9 Å². The highest BCUT2D eigenvalue weighted by molar-refractivity contribution is 9.10. The topological polar surface area (TPSA) is 64.6 Å². The Kier molecular flexibility index (Phi) is 5.92. The van der Waals surface area contributed by atoms with Crippen molar-refractivity contribution in [1.29, 1.82) is 0 Å². The molecule has 0 spiro atoms. The molecule has 0 aliphatic carbocycles. The van der Waals surface area contributed by atoms with Crippen molar-refractivity contribution in [3.05, 3.63) is 58.3 Å². The summed E-state index contributed by atoms with van der Waals surface area (Å²) in [6.07, 6.45) is -1.07. The van der Waals surface area contributed by atoms with E-state index in [2.05, 4.69) is 21.2 Å². The molecule has 7 heteroatoms. The van der Waals surface area contributed by atoms with Crippen molar-refractivity contribution in [2.45, 2.75) is 13.0 Å². The maximum Gasteiger partial charge on any atom is 0.340 e. The Labute approximate surface area is 146 Å². The number of para-hydroxylation sites is 2. The third-order valence-electron chi connectivity index (χ3n) is 3.17. The highest BCUT2D eigenvalue weighted by Gasteiger charge is 2.21. The molecular formula is C17H15BrFNO4. The summed E-state index contributed by atoms with van der Waals surface area (Å²) in [6, 6.07) is 10.5. The third-order valence-corrected chi connectivity index (χ3v) is 3.86. The molecule has 24 heavy (non-hydrogen) atoms. The Balaban J connectivity index is 2.06. The van der Waals surface area contributed by atoms with E-state index in [4.69, 9.17) is 9.47 Å². The SMILES string of the molecule is COc1ccccc1NC(=O)[C@@H](C)OC(=O)c1cc(F)ccc1Br. The molecule has 0 saturated heterocycles. The van der Waals surface area contributed by atoms with Gasteiger partial charge in [0.1, 0.15) is 11.6 Å². The van der Waals surface area contributed by atoms with Gasteiger partial charge in [-0.2, -0.15) is 0 Å². The molecule has 0 aliphatic rings. The van der Waals surface area contributed by atoms with Crippen LogP contribution in [0.2, 0.25) is 0 Å². The second-order valence-electron chi connectivity index (χ2n) is 4.86. The fourth-order valence-corrected chi connectivity index (χ4v) is 2.32. The molecule has 5 nitrogen and oxygen atoms in total. The number of anilines is 1. The van der Waals surface area contributed by atoms with Gasteiger partial charge >= 0.3 is 5.97 Å². The van der Waals surface area contributed by atoms with Gasteiger partial charge < -0.3 is 14.8 Å². The van der Waals surface area contributed by atoms with E-state index < -0.39 is 23.8 Å². The average molecular weight is 396 g/mol. The van der Waals surface area contributed by atoms with Gasteiger partial charge in [-0.05, 0) is 53.2 Å². The van der Waals surface area contributed by atoms with Crippen molar-refractivity contribution in [3.63, 3.8) is 0 Å². The first-order valence-corrected chi connectivity index (χ1v) is 7.81. The molecule has 0 aromatic heterocycles. The van der Waals surface area contributed by atoms with Gasteiger partial charge in [0, 0.05) is 4.47 Å². The van der Waals surface area contributed by atoms with Crippen LogP contribution in [-0.2, 0) is 9.53 Å². The lowest BCUT2D eigenvalue weighted by Crippen LogP contribution is -2.30. The second-order valence-corrected chi connectivity index (χ2v) is 5.72. The number of esters is 1. The number of hydrogen-bond acceptors (Lipinski definition) is 4. The molecule has 1 amide bonds. The number of nitrogens with one attached hydrogen (secondary N) is 1. The Bertz CT molecular complexity index is 766. The van der Waals surface area contributed by atoms with Crippen molar-refractivity contribution in [1.82, 2.24) is 0 Å². The molecular weight excluding hydrogens is 381 g/mol. The number of rotatable bonds is 5. The number of carbonyl (C=O) groups is 2. The summed E-state index contributed by atoms with van der Waals surface area (Å²) in [7, 11) is 1.48. The van der Waals surface area contributed by atoms with E-state index in [1.165, 1.54) is 26.2 Å². The predicted molar refractivity (Wildman–Crippen MR) is 90.6 cm³/mol. The van der Waals surface area contributed by atoms with Crippen molar-refractivity contribution < 1.29 is 23.5 Å². The van der Waals surface area contributed by atoms with Gasteiger partial charge in [-0.3, -0.25) is 4.79 Å². The fraction of sp³-hybridized carbons (Fsp3) is 0.176. The lowest BCUT2D eigenvalue weighted by Gasteiger charge is -2.15. The minimum atomic E-state index is -1.07. The monoisotopic (exact) mass is 395 g/mol. The zero-order valence-electron chi connectivity index (χ0n) is 13.0. The summed E-state index contributed by atoms with van der Waals surface area (Å²) < 4.78 is 23.9. The molecule has 0 aliphatic heterocycles. The van der Waals surface area contributed by atoms with E-state index in [9.17, 15) is 14.0 Å². The number of amides is 1. The fourth-order valence-electron chi connectivity index (χ4n) is 1.91. The van der Waals surface area contributed by atoms with Gasteiger partial charge in [0.2, 0.25) is 0 Å². The van der Waals surface area contributed by atoms with Crippen LogP contribution in [0, 0.1) is 5.82 Å². The summed E-state index contributed by atoms with van der Waals surface area (Å²) in [5, 5.41) is 2.62. The highest BCUT2D eigenvalue weighted by Crippen LogP contribution is 2.24. The maximum atomic E-state index is 13.3. The molecule has 1 atom stereocenters. The van der Waals surface area contributed by atoms with Crippen LogP contribution < -0.4 is 10.1 Å². The number of methoxy groups -OCH3 is 1. The van der Waals surface area contributed by atoms with Crippen LogP contribution in [-0.4, -0.2) is 25.1 Å². The third kappa shape index (κ3) is 4.32. The first-order valence-electron chi connectivity index (χ1n) is 7.02. The van der Waals surface area contributed by atoms with Crippen LogP contribution in [0.15, 0.2) is 46.9 Å². The van der Waals surface area contributed by atoms with E-state index in [1.807, 2.05) is 0 Å². The van der Waals surface area contributed by atoms with Gasteiger partial charge in [0.05, 0.1) is 18.4 Å². The number of halogens is 2.